The molecule has 1 aromatic carbocycles. The van der Waals surface area contributed by atoms with Gasteiger partial charge in [-0.15, -0.1) is 11.3 Å². The Hall–Kier alpha value is -0.930. The zero-order valence-electron chi connectivity index (χ0n) is 10.2. The average molecular weight is 246 g/mol. The first-order chi connectivity index (χ1) is 8.31. The molecule has 3 rings (SSSR count). The lowest BCUT2D eigenvalue weighted by molar-refractivity contribution is 0.462. The van der Waals surface area contributed by atoms with Crippen LogP contribution in [0.15, 0.2) is 24.3 Å². The highest BCUT2D eigenvalue weighted by atomic mass is 32.1. The lowest BCUT2D eigenvalue weighted by Crippen LogP contribution is -2.25. The maximum atomic E-state index is 4.74. The Kier molecular flexibility index (Phi) is 2.89. The molecule has 1 heterocycles. The molecule has 0 unspecified atom stereocenters. The predicted octanol–water partition coefficient (Wildman–Crippen LogP) is 3.23. The molecule has 0 spiro atoms. The predicted molar refractivity (Wildman–Crippen MR) is 73.5 cm³/mol. The van der Waals surface area contributed by atoms with Gasteiger partial charge in [0.2, 0.25) is 0 Å². The van der Waals surface area contributed by atoms with Crippen molar-refractivity contribution < 1.29 is 0 Å². The zero-order chi connectivity index (χ0) is 11.7. The molecule has 0 bridgehead atoms. The fraction of sp³-hybridized carbons (Fsp3) is 0.500. The number of hydrogen-bond acceptors (Lipinski definition) is 3. The van der Waals surface area contributed by atoms with Gasteiger partial charge in [-0.2, -0.15) is 0 Å². The standard InChI is InChI=1S/C14H18N2S/c1-2-15-10-14(7-8-14)9-13-16-11-5-3-4-6-12(11)17-13/h3-6,15H,2,7-10H2,1H3. The van der Waals surface area contributed by atoms with Crippen LogP contribution in [-0.2, 0) is 6.42 Å². The molecule has 0 amide bonds. The van der Waals surface area contributed by atoms with Gasteiger partial charge < -0.3 is 5.32 Å². The fourth-order valence-electron chi connectivity index (χ4n) is 2.30. The zero-order valence-corrected chi connectivity index (χ0v) is 11.0. The number of para-hydroxylation sites is 1. The molecular formula is C14H18N2S. The van der Waals surface area contributed by atoms with E-state index in [1.807, 2.05) is 11.3 Å². The van der Waals surface area contributed by atoms with E-state index in [1.165, 1.54) is 22.5 Å². The summed E-state index contributed by atoms with van der Waals surface area (Å²) in [6.07, 6.45) is 3.87. The van der Waals surface area contributed by atoms with Gasteiger partial charge in [0, 0.05) is 13.0 Å². The van der Waals surface area contributed by atoms with Gasteiger partial charge in [-0.1, -0.05) is 19.1 Å². The van der Waals surface area contributed by atoms with Gasteiger partial charge in [0.15, 0.2) is 0 Å². The normalized spacial score (nSPS) is 17.5. The molecule has 2 aromatic rings. The van der Waals surface area contributed by atoms with E-state index in [2.05, 4.69) is 36.5 Å². The van der Waals surface area contributed by atoms with E-state index in [9.17, 15) is 0 Å². The second kappa shape index (κ2) is 4.39. The molecule has 0 atom stereocenters. The molecule has 0 saturated heterocycles. The number of thiazole rings is 1. The number of benzene rings is 1. The third kappa shape index (κ3) is 2.35. The van der Waals surface area contributed by atoms with Crippen molar-refractivity contribution in [2.45, 2.75) is 26.2 Å². The molecule has 17 heavy (non-hydrogen) atoms. The third-order valence-corrected chi connectivity index (χ3v) is 4.61. The summed E-state index contributed by atoms with van der Waals surface area (Å²) in [5.41, 5.74) is 1.68. The Labute approximate surface area is 106 Å². The summed E-state index contributed by atoms with van der Waals surface area (Å²) in [5.74, 6) is 0. The van der Waals surface area contributed by atoms with Crippen LogP contribution in [0.25, 0.3) is 10.2 Å². The second-order valence-corrected chi connectivity index (χ2v) is 6.15. The van der Waals surface area contributed by atoms with E-state index >= 15 is 0 Å². The van der Waals surface area contributed by atoms with Gasteiger partial charge in [0.1, 0.15) is 0 Å². The number of nitrogens with one attached hydrogen (secondary N) is 1. The monoisotopic (exact) mass is 246 g/mol. The molecule has 1 aromatic heterocycles. The smallest absolute Gasteiger partial charge is 0.0944 e. The van der Waals surface area contributed by atoms with E-state index in [-0.39, 0.29) is 0 Å². The van der Waals surface area contributed by atoms with Crippen LogP contribution >= 0.6 is 11.3 Å². The maximum absolute atomic E-state index is 4.74. The van der Waals surface area contributed by atoms with Crippen LogP contribution < -0.4 is 5.32 Å². The van der Waals surface area contributed by atoms with Gasteiger partial charge in [0.25, 0.3) is 0 Å². The SMILES string of the molecule is CCNCC1(Cc2nc3ccccc3s2)CC1. The van der Waals surface area contributed by atoms with E-state index in [4.69, 9.17) is 4.98 Å². The van der Waals surface area contributed by atoms with Crippen LogP contribution in [0.1, 0.15) is 24.8 Å². The van der Waals surface area contributed by atoms with Crippen LogP contribution in [0.4, 0.5) is 0 Å². The molecule has 1 saturated carbocycles. The summed E-state index contributed by atoms with van der Waals surface area (Å²) in [6.45, 7) is 4.40. The van der Waals surface area contributed by atoms with E-state index < -0.39 is 0 Å². The van der Waals surface area contributed by atoms with Crippen molar-refractivity contribution in [3.05, 3.63) is 29.3 Å². The summed E-state index contributed by atoms with van der Waals surface area (Å²) in [6, 6.07) is 8.44. The molecule has 1 aliphatic carbocycles. The lowest BCUT2D eigenvalue weighted by Gasteiger charge is -2.13. The molecular weight excluding hydrogens is 228 g/mol. The molecule has 1 N–H and O–H groups in total. The van der Waals surface area contributed by atoms with Crippen LogP contribution in [0.3, 0.4) is 0 Å². The highest BCUT2D eigenvalue weighted by Crippen LogP contribution is 2.48. The lowest BCUT2D eigenvalue weighted by atomic mass is 10.0. The summed E-state index contributed by atoms with van der Waals surface area (Å²) >= 11 is 1.86. The minimum absolute atomic E-state index is 0.518. The quantitative estimate of drug-likeness (QED) is 0.876. The molecule has 0 radical (unpaired) electrons. The second-order valence-electron chi connectivity index (χ2n) is 5.03. The first-order valence-corrected chi connectivity index (χ1v) is 7.18. The Morgan fingerprint density at radius 2 is 2.18 bits per heavy atom. The van der Waals surface area contributed by atoms with Gasteiger partial charge in [-0.05, 0) is 36.9 Å². The molecule has 1 fully saturated rings. The Morgan fingerprint density at radius 1 is 1.35 bits per heavy atom. The third-order valence-electron chi connectivity index (χ3n) is 3.57. The minimum atomic E-state index is 0.518. The van der Waals surface area contributed by atoms with Crippen LogP contribution in [0, 0.1) is 5.41 Å². The Morgan fingerprint density at radius 3 is 2.88 bits per heavy atom. The summed E-state index contributed by atoms with van der Waals surface area (Å²) in [7, 11) is 0. The van der Waals surface area contributed by atoms with Gasteiger partial charge in [-0.3, -0.25) is 0 Å². The van der Waals surface area contributed by atoms with E-state index in [1.54, 1.807) is 0 Å². The van der Waals surface area contributed by atoms with Crippen LogP contribution in [0.5, 0.6) is 0 Å². The van der Waals surface area contributed by atoms with Crippen LogP contribution in [-0.4, -0.2) is 18.1 Å². The average Bonchev–Trinajstić information content (AvgIpc) is 2.97. The van der Waals surface area contributed by atoms with Crippen molar-refractivity contribution >= 4 is 21.6 Å². The Bertz CT molecular complexity index is 481. The summed E-state index contributed by atoms with van der Waals surface area (Å²) < 4.78 is 1.32. The summed E-state index contributed by atoms with van der Waals surface area (Å²) in [5, 5.41) is 4.79. The van der Waals surface area contributed by atoms with Crippen molar-refractivity contribution in [2.75, 3.05) is 13.1 Å². The molecule has 0 aliphatic heterocycles. The molecule has 1 aliphatic rings. The first-order valence-electron chi connectivity index (χ1n) is 6.36. The molecule has 2 nitrogen and oxygen atoms in total. The molecule has 3 heteroatoms. The van der Waals surface area contributed by atoms with Gasteiger partial charge in [0.05, 0.1) is 15.2 Å². The van der Waals surface area contributed by atoms with Crippen molar-refractivity contribution in [2.24, 2.45) is 5.41 Å². The van der Waals surface area contributed by atoms with Gasteiger partial charge in [-0.25, -0.2) is 4.98 Å². The number of fused-ring (bicyclic) bond motifs is 1. The Balaban J connectivity index is 1.76. The maximum Gasteiger partial charge on any atom is 0.0944 e. The number of nitrogens with zero attached hydrogens (tertiary/aromatic N) is 1. The van der Waals surface area contributed by atoms with Crippen molar-refractivity contribution in [1.82, 2.24) is 10.3 Å². The minimum Gasteiger partial charge on any atom is -0.316 e. The van der Waals surface area contributed by atoms with Crippen LogP contribution in [0.2, 0.25) is 0 Å². The fourth-order valence-corrected chi connectivity index (χ4v) is 3.44. The molecule has 90 valence electrons. The van der Waals surface area contributed by atoms with Crippen molar-refractivity contribution in [1.29, 1.82) is 0 Å². The largest absolute Gasteiger partial charge is 0.316 e. The number of hydrogen-bond donors (Lipinski definition) is 1. The van der Waals surface area contributed by atoms with E-state index in [0.29, 0.717) is 5.41 Å². The topological polar surface area (TPSA) is 24.9 Å². The van der Waals surface area contributed by atoms with Crippen molar-refractivity contribution in [3.63, 3.8) is 0 Å². The summed E-state index contributed by atoms with van der Waals surface area (Å²) in [4.78, 5) is 4.74. The number of aromatic nitrogens is 1. The van der Waals surface area contributed by atoms with Crippen molar-refractivity contribution in [3.8, 4) is 0 Å². The number of rotatable bonds is 5. The van der Waals surface area contributed by atoms with E-state index in [0.717, 1.165) is 25.0 Å². The highest BCUT2D eigenvalue weighted by molar-refractivity contribution is 7.18. The highest BCUT2D eigenvalue weighted by Gasteiger charge is 2.42. The van der Waals surface area contributed by atoms with Gasteiger partial charge >= 0.3 is 0 Å². The first kappa shape index (κ1) is 11.2.